The van der Waals surface area contributed by atoms with Gasteiger partial charge in [-0.1, -0.05) is 11.6 Å². The Morgan fingerprint density at radius 2 is 2.16 bits per heavy atom. The fourth-order valence-electron chi connectivity index (χ4n) is 3.46. The highest BCUT2D eigenvalue weighted by Gasteiger charge is 2.45. The van der Waals surface area contributed by atoms with Crippen molar-refractivity contribution >= 4 is 17.3 Å². The second-order valence-corrected chi connectivity index (χ2v) is 6.07. The van der Waals surface area contributed by atoms with E-state index in [4.69, 9.17) is 17.3 Å². The summed E-state index contributed by atoms with van der Waals surface area (Å²) in [7, 11) is 0. The van der Waals surface area contributed by atoms with Crippen molar-refractivity contribution in [3.05, 3.63) is 29.0 Å². The Bertz CT molecular complexity index is 474. The molecule has 3 N–H and O–H groups in total. The topological polar surface area (TPSA) is 41.3 Å². The Morgan fingerprint density at radius 1 is 1.42 bits per heavy atom. The van der Waals surface area contributed by atoms with Crippen LogP contribution >= 0.6 is 11.6 Å². The third-order valence-electron chi connectivity index (χ3n) is 4.55. The quantitative estimate of drug-likeness (QED) is 0.894. The van der Waals surface area contributed by atoms with E-state index in [-0.39, 0.29) is 11.4 Å². The molecule has 0 aromatic heterocycles. The number of hydrogen-bond acceptors (Lipinski definition) is 3. The van der Waals surface area contributed by atoms with Crippen LogP contribution in [0.2, 0.25) is 5.02 Å². The number of nitrogens with one attached hydrogen (secondary N) is 1. The highest BCUT2D eigenvalue weighted by atomic mass is 35.5. The number of anilines is 1. The van der Waals surface area contributed by atoms with Gasteiger partial charge in [-0.25, -0.2) is 4.39 Å². The van der Waals surface area contributed by atoms with Crippen LogP contribution in [0.1, 0.15) is 12.8 Å². The van der Waals surface area contributed by atoms with Gasteiger partial charge in [-0.2, -0.15) is 0 Å². The van der Waals surface area contributed by atoms with Crippen molar-refractivity contribution in [1.29, 1.82) is 0 Å². The molecule has 1 aromatic carbocycles. The molecule has 0 amide bonds. The maximum absolute atomic E-state index is 13.4. The molecule has 0 saturated carbocycles. The number of piperidine rings is 3. The van der Waals surface area contributed by atoms with Gasteiger partial charge in [-0.05, 0) is 50.0 Å². The first-order valence-corrected chi connectivity index (χ1v) is 7.16. The summed E-state index contributed by atoms with van der Waals surface area (Å²) in [4.78, 5) is 2.42. The predicted octanol–water partition coefficient (Wildman–Crippen LogP) is 2.31. The monoisotopic (exact) mass is 283 g/mol. The van der Waals surface area contributed by atoms with Gasteiger partial charge in [0.25, 0.3) is 0 Å². The van der Waals surface area contributed by atoms with Gasteiger partial charge >= 0.3 is 0 Å². The second-order valence-electron chi connectivity index (χ2n) is 5.66. The molecule has 19 heavy (non-hydrogen) atoms. The predicted molar refractivity (Wildman–Crippen MR) is 76.0 cm³/mol. The van der Waals surface area contributed by atoms with Crippen molar-refractivity contribution in [2.24, 2.45) is 11.7 Å². The highest BCUT2D eigenvalue weighted by Crippen LogP contribution is 2.38. The lowest BCUT2D eigenvalue weighted by Crippen LogP contribution is -2.66. The van der Waals surface area contributed by atoms with Crippen LogP contribution in [0.4, 0.5) is 10.1 Å². The van der Waals surface area contributed by atoms with Crippen LogP contribution in [-0.4, -0.2) is 36.6 Å². The highest BCUT2D eigenvalue weighted by molar-refractivity contribution is 6.33. The lowest BCUT2D eigenvalue weighted by atomic mass is 9.72. The number of fused-ring (bicyclic) bond motifs is 3. The summed E-state index contributed by atoms with van der Waals surface area (Å²) in [5.74, 6) is 0.266. The van der Waals surface area contributed by atoms with E-state index in [1.165, 1.54) is 12.1 Å². The molecule has 0 radical (unpaired) electrons. The van der Waals surface area contributed by atoms with Gasteiger partial charge in [0.15, 0.2) is 0 Å². The summed E-state index contributed by atoms with van der Waals surface area (Å²) in [5, 5.41) is 3.99. The fourth-order valence-corrected chi connectivity index (χ4v) is 3.62. The molecule has 1 aromatic rings. The Balaban J connectivity index is 1.89. The molecule has 3 saturated heterocycles. The molecular weight excluding hydrogens is 265 g/mol. The molecule has 3 heterocycles. The van der Waals surface area contributed by atoms with Crippen LogP contribution in [0.5, 0.6) is 0 Å². The second kappa shape index (κ2) is 4.93. The molecular formula is C14H19ClFN3. The smallest absolute Gasteiger partial charge is 0.125 e. The van der Waals surface area contributed by atoms with Crippen LogP contribution in [0.15, 0.2) is 18.2 Å². The summed E-state index contributed by atoms with van der Waals surface area (Å²) >= 11 is 6.15. The maximum atomic E-state index is 13.4. The first-order chi connectivity index (χ1) is 9.13. The van der Waals surface area contributed by atoms with E-state index in [1.807, 2.05) is 0 Å². The summed E-state index contributed by atoms with van der Waals surface area (Å²) in [6, 6.07) is 4.42. The number of nitrogens with zero attached hydrogens (tertiary/aromatic N) is 1. The summed E-state index contributed by atoms with van der Waals surface area (Å²) in [6.45, 7) is 3.75. The van der Waals surface area contributed by atoms with E-state index in [1.54, 1.807) is 6.07 Å². The molecule has 3 fully saturated rings. The van der Waals surface area contributed by atoms with E-state index < -0.39 is 0 Å². The van der Waals surface area contributed by atoms with Crippen molar-refractivity contribution in [1.82, 2.24) is 4.90 Å². The van der Waals surface area contributed by atoms with E-state index in [0.29, 0.717) is 23.2 Å². The molecule has 0 aliphatic carbocycles. The standard InChI is InChI=1S/C14H19ClFN3/c15-12-2-1-11(16)7-13(12)18-14(8-17)9-19-5-3-10(14)4-6-19/h1-2,7,10,18H,3-6,8-9,17H2. The van der Waals surface area contributed by atoms with Crippen molar-refractivity contribution < 1.29 is 4.39 Å². The van der Waals surface area contributed by atoms with Crippen molar-refractivity contribution in [3.8, 4) is 0 Å². The van der Waals surface area contributed by atoms with E-state index in [0.717, 1.165) is 32.5 Å². The molecule has 3 aliphatic heterocycles. The largest absolute Gasteiger partial charge is 0.375 e. The first kappa shape index (κ1) is 13.2. The van der Waals surface area contributed by atoms with Gasteiger partial charge in [0.2, 0.25) is 0 Å². The van der Waals surface area contributed by atoms with E-state index in [2.05, 4.69) is 10.2 Å². The third-order valence-corrected chi connectivity index (χ3v) is 4.88. The zero-order valence-corrected chi connectivity index (χ0v) is 11.6. The summed E-state index contributed by atoms with van der Waals surface area (Å²) in [6.07, 6.45) is 2.30. The third kappa shape index (κ3) is 2.33. The molecule has 3 aliphatic rings. The van der Waals surface area contributed by atoms with Gasteiger partial charge in [0, 0.05) is 13.1 Å². The van der Waals surface area contributed by atoms with Gasteiger partial charge in [0.1, 0.15) is 5.82 Å². The molecule has 5 heteroatoms. The minimum absolute atomic E-state index is 0.173. The zero-order valence-electron chi connectivity index (χ0n) is 10.8. The van der Waals surface area contributed by atoms with Crippen LogP contribution in [0.3, 0.4) is 0 Å². The number of hydrogen-bond donors (Lipinski definition) is 2. The molecule has 1 unspecified atom stereocenters. The fraction of sp³-hybridized carbons (Fsp3) is 0.571. The Morgan fingerprint density at radius 3 is 2.74 bits per heavy atom. The maximum Gasteiger partial charge on any atom is 0.125 e. The first-order valence-electron chi connectivity index (χ1n) is 6.79. The number of halogens is 2. The molecule has 4 rings (SSSR count). The molecule has 1 atom stereocenters. The number of rotatable bonds is 3. The Labute approximate surface area is 117 Å². The van der Waals surface area contributed by atoms with Gasteiger partial charge in [-0.3, -0.25) is 0 Å². The van der Waals surface area contributed by atoms with Crippen LogP contribution < -0.4 is 11.1 Å². The lowest BCUT2D eigenvalue weighted by Gasteiger charge is -2.53. The van der Waals surface area contributed by atoms with Crippen molar-refractivity contribution in [3.63, 3.8) is 0 Å². The Hall–Kier alpha value is -0.840. The molecule has 0 spiro atoms. The molecule has 104 valence electrons. The minimum atomic E-state index is -0.277. The van der Waals surface area contributed by atoms with Crippen LogP contribution in [-0.2, 0) is 0 Å². The molecule has 2 bridgehead atoms. The number of benzene rings is 1. The van der Waals surface area contributed by atoms with Crippen molar-refractivity contribution in [2.45, 2.75) is 18.4 Å². The van der Waals surface area contributed by atoms with Crippen LogP contribution in [0, 0.1) is 11.7 Å². The van der Waals surface area contributed by atoms with Gasteiger partial charge in [0.05, 0.1) is 16.2 Å². The number of nitrogens with two attached hydrogens (primary N) is 1. The van der Waals surface area contributed by atoms with Gasteiger partial charge < -0.3 is 16.0 Å². The van der Waals surface area contributed by atoms with Crippen LogP contribution in [0.25, 0.3) is 0 Å². The lowest BCUT2D eigenvalue weighted by molar-refractivity contribution is 0.0449. The normalized spacial score (nSPS) is 33.4. The SMILES string of the molecule is NCC1(Nc2cc(F)ccc2Cl)CN2CCC1CC2. The average Bonchev–Trinajstić information content (AvgIpc) is 2.44. The average molecular weight is 284 g/mol. The minimum Gasteiger partial charge on any atom is -0.375 e. The molecule has 3 nitrogen and oxygen atoms in total. The summed E-state index contributed by atoms with van der Waals surface area (Å²) < 4.78 is 13.4. The zero-order chi connectivity index (χ0) is 13.5. The van der Waals surface area contributed by atoms with Gasteiger partial charge in [-0.15, -0.1) is 0 Å². The van der Waals surface area contributed by atoms with E-state index >= 15 is 0 Å². The van der Waals surface area contributed by atoms with Crippen molar-refractivity contribution in [2.75, 3.05) is 31.5 Å². The summed E-state index contributed by atoms with van der Waals surface area (Å²) in [5.41, 5.74) is 6.52. The van der Waals surface area contributed by atoms with E-state index in [9.17, 15) is 4.39 Å². The Kier molecular flexibility index (Phi) is 3.41.